The highest BCUT2D eigenvalue weighted by Crippen LogP contribution is 2.25. The van der Waals surface area contributed by atoms with E-state index in [1.54, 1.807) is 24.5 Å². The highest BCUT2D eigenvalue weighted by molar-refractivity contribution is 6.04. The largest absolute Gasteiger partial charge is 0.306 e. The van der Waals surface area contributed by atoms with E-state index in [1.165, 1.54) is 6.07 Å². The molecule has 0 atom stereocenters. The summed E-state index contributed by atoms with van der Waals surface area (Å²) in [5.74, 6) is -2.53. The van der Waals surface area contributed by atoms with Crippen LogP contribution in [0.4, 0.5) is 14.6 Å². The average molecular weight is 394 g/mol. The predicted molar refractivity (Wildman–Crippen MR) is 109 cm³/mol. The van der Waals surface area contributed by atoms with Crippen molar-refractivity contribution in [1.29, 1.82) is 0 Å². The SMILES string of the molecule is CC.Cc1cc2nccn2cc1-c1ccc(NC(=O)c2c(F)cccc2F)nc1. The molecule has 29 heavy (non-hydrogen) atoms. The molecule has 5 nitrogen and oxygen atoms in total. The Kier molecular flexibility index (Phi) is 5.97. The molecule has 0 unspecified atom stereocenters. The summed E-state index contributed by atoms with van der Waals surface area (Å²) in [6.45, 7) is 5.97. The third kappa shape index (κ3) is 4.13. The summed E-state index contributed by atoms with van der Waals surface area (Å²) in [7, 11) is 0. The van der Waals surface area contributed by atoms with Gasteiger partial charge in [-0.15, -0.1) is 0 Å². The van der Waals surface area contributed by atoms with Crippen molar-refractivity contribution >= 4 is 17.4 Å². The molecular weight excluding hydrogens is 374 g/mol. The van der Waals surface area contributed by atoms with Crippen molar-refractivity contribution in [1.82, 2.24) is 14.4 Å². The smallest absolute Gasteiger partial charge is 0.262 e. The fourth-order valence-corrected chi connectivity index (χ4v) is 2.88. The lowest BCUT2D eigenvalue weighted by Crippen LogP contribution is -2.16. The van der Waals surface area contributed by atoms with Gasteiger partial charge in [-0.2, -0.15) is 0 Å². The molecule has 0 radical (unpaired) electrons. The standard InChI is InChI=1S/C20H14F2N4O.C2H6/c1-12-9-18-23-7-8-26(18)11-14(12)13-5-6-17(24-10-13)25-20(27)19-15(21)3-2-4-16(19)22;1-2/h2-11H,1H3,(H,24,25,27);1-2H3. The zero-order valence-corrected chi connectivity index (χ0v) is 16.3. The number of fused-ring (bicyclic) bond motifs is 1. The highest BCUT2D eigenvalue weighted by atomic mass is 19.1. The first-order valence-corrected chi connectivity index (χ1v) is 9.18. The minimum Gasteiger partial charge on any atom is -0.306 e. The Bertz CT molecular complexity index is 1130. The molecule has 3 aromatic heterocycles. The fraction of sp³-hybridized carbons (Fsp3) is 0.136. The number of anilines is 1. The topological polar surface area (TPSA) is 59.3 Å². The number of aromatic nitrogens is 3. The number of carbonyl (C=O) groups excluding carboxylic acids is 1. The summed E-state index contributed by atoms with van der Waals surface area (Å²) in [6, 6.07) is 8.60. The van der Waals surface area contributed by atoms with Gasteiger partial charge in [-0.3, -0.25) is 4.79 Å². The lowest BCUT2D eigenvalue weighted by atomic mass is 10.0. The van der Waals surface area contributed by atoms with Crippen molar-refractivity contribution < 1.29 is 13.6 Å². The van der Waals surface area contributed by atoms with Gasteiger partial charge < -0.3 is 9.72 Å². The fourth-order valence-electron chi connectivity index (χ4n) is 2.88. The number of benzene rings is 1. The van der Waals surface area contributed by atoms with Crippen molar-refractivity contribution in [3.8, 4) is 11.1 Å². The summed E-state index contributed by atoms with van der Waals surface area (Å²) in [5, 5.41) is 2.41. The summed E-state index contributed by atoms with van der Waals surface area (Å²) in [6.07, 6.45) is 7.11. The van der Waals surface area contributed by atoms with E-state index < -0.39 is 23.1 Å². The van der Waals surface area contributed by atoms with Crippen LogP contribution in [-0.4, -0.2) is 20.3 Å². The second-order valence-electron chi connectivity index (χ2n) is 6.05. The van der Waals surface area contributed by atoms with Gasteiger partial charge in [0.1, 0.15) is 28.7 Å². The number of hydrogen-bond acceptors (Lipinski definition) is 3. The molecule has 0 aliphatic heterocycles. The minimum absolute atomic E-state index is 0.202. The molecule has 0 spiro atoms. The first-order valence-electron chi connectivity index (χ1n) is 9.18. The molecule has 0 saturated carbocycles. The number of carbonyl (C=O) groups is 1. The average Bonchev–Trinajstić information content (AvgIpc) is 3.16. The van der Waals surface area contributed by atoms with Crippen LogP contribution in [0.5, 0.6) is 0 Å². The van der Waals surface area contributed by atoms with Crippen LogP contribution in [0.15, 0.2) is 61.2 Å². The number of hydrogen-bond donors (Lipinski definition) is 1. The van der Waals surface area contributed by atoms with Crippen LogP contribution in [0, 0.1) is 18.6 Å². The van der Waals surface area contributed by atoms with E-state index in [9.17, 15) is 13.6 Å². The van der Waals surface area contributed by atoms with Gasteiger partial charge in [0, 0.05) is 35.9 Å². The second-order valence-corrected chi connectivity index (χ2v) is 6.05. The van der Waals surface area contributed by atoms with Crippen molar-refractivity contribution in [2.75, 3.05) is 5.32 Å². The van der Waals surface area contributed by atoms with Crippen molar-refractivity contribution in [2.24, 2.45) is 0 Å². The van der Waals surface area contributed by atoms with Gasteiger partial charge >= 0.3 is 0 Å². The van der Waals surface area contributed by atoms with Crippen molar-refractivity contribution in [3.63, 3.8) is 0 Å². The molecule has 0 fully saturated rings. The third-order valence-electron chi connectivity index (χ3n) is 4.24. The van der Waals surface area contributed by atoms with Gasteiger partial charge in [-0.05, 0) is 42.8 Å². The van der Waals surface area contributed by atoms with E-state index in [1.807, 2.05) is 43.6 Å². The normalized spacial score (nSPS) is 10.4. The van der Waals surface area contributed by atoms with E-state index >= 15 is 0 Å². The number of nitrogens with one attached hydrogen (secondary N) is 1. The number of pyridine rings is 2. The molecule has 7 heteroatoms. The van der Waals surface area contributed by atoms with Gasteiger partial charge in [0.15, 0.2) is 0 Å². The van der Waals surface area contributed by atoms with E-state index in [0.29, 0.717) is 0 Å². The summed E-state index contributed by atoms with van der Waals surface area (Å²) >= 11 is 0. The Morgan fingerprint density at radius 2 is 1.79 bits per heavy atom. The first kappa shape index (κ1) is 20.1. The molecule has 1 N–H and O–H groups in total. The maximum Gasteiger partial charge on any atom is 0.262 e. The van der Waals surface area contributed by atoms with Crippen LogP contribution in [0.25, 0.3) is 16.8 Å². The van der Waals surface area contributed by atoms with Gasteiger partial charge in [0.25, 0.3) is 5.91 Å². The van der Waals surface area contributed by atoms with Crippen LogP contribution >= 0.6 is 0 Å². The Morgan fingerprint density at radius 1 is 1.07 bits per heavy atom. The van der Waals surface area contributed by atoms with Crippen LogP contribution in [0.3, 0.4) is 0 Å². The quantitative estimate of drug-likeness (QED) is 0.516. The lowest BCUT2D eigenvalue weighted by molar-refractivity contribution is 0.101. The Hall–Kier alpha value is -3.61. The molecule has 0 aliphatic rings. The Balaban J connectivity index is 0.00000117. The number of imidazole rings is 1. The van der Waals surface area contributed by atoms with E-state index in [-0.39, 0.29) is 5.82 Å². The molecule has 1 amide bonds. The van der Waals surface area contributed by atoms with Gasteiger partial charge in [-0.25, -0.2) is 18.7 Å². The maximum atomic E-state index is 13.7. The summed E-state index contributed by atoms with van der Waals surface area (Å²) in [4.78, 5) is 20.6. The molecule has 0 bridgehead atoms. The first-order chi connectivity index (χ1) is 14.0. The molecule has 1 aromatic carbocycles. The van der Waals surface area contributed by atoms with Gasteiger partial charge in [0.05, 0.1) is 0 Å². The molecule has 4 aromatic rings. The van der Waals surface area contributed by atoms with Crippen molar-refractivity contribution in [2.45, 2.75) is 20.8 Å². The lowest BCUT2D eigenvalue weighted by Gasteiger charge is -2.09. The molecule has 0 saturated heterocycles. The van der Waals surface area contributed by atoms with Crippen LogP contribution < -0.4 is 5.32 Å². The van der Waals surface area contributed by atoms with E-state index in [4.69, 9.17) is 0 Å². The molecular formula is C22H20F2N4O. The number of aryl methyl sites for hydroxylation is 1. The number of halogens is 2. The molecule has 3 heterocycles. The van der Waals surface area contributed by atoms with Crippen molar-refractivity contribution in [3.05, 3.63) is 83.9 Å². The highest BCUT2D eigenvalue weighted by Gasteiger charge is 2.17. The Morgan fingerprint density at radius 3 is 2.45 bits per heavy atom. The van der Waals surface area contributed by atoms with Crippen LogP contribution in [0.1, 0.15) is 29.8 Å². The predicted octanol–water partition coefficient (Wildman–Crippen LogP) is 5.26. The van der Waals surface area contributed by atoms with Crippen LogP contribution in [0.2, 0.25) is 0 Å². The van der Waals surface area contributed by atoms with E-state index in [0.717, 1.165) is 34.5 Å². The molecule has 0 aliphatic carbocycles. The molecule has 4 rings (SSSR count). The zero-order valence-electron chi connectivity index (χ0n) is 16.3. The second kappa shape index (κ2) is 8.60. The number of rotatable bonds is 3. The minimum atomic E-state index is -0.923. The Labute approximate surface area is 167 Å². The van der Waals surface area contributed by atoms with Crippen LogP contribution in [-0.2, 0) is 0 Å². The summed E-state index contributed by atoms with van der Waals surface area (Å²) < 4.78 is 29.3. The molecule has 148 valence electrons. The van der Waals surface area contributed by atoms with Gasteiger partial charge in [0.2, 0.25) is 0 Å². The third-order valence-corrected chi connectivity index (χ3v) is 4.24. The monoisotopic (exact) mass is 394 g/mol. The maximum absolute atomic E-state index is 13.7. The van der Waals surface area contributed by atoms with Gasteiger partial charge in [-0.1, -0.05) is 19.9 Å². The zero-order chi connectivity index (χ0) is 21.0. The van der Waals surface area contributed by atoms with E-state index in [2.05, 4.69) is 15.3 Å². The number of nitrogens with zero attached hydrogens (tertiary/aromatic N) is 3. The number of amides is 1. The summed E-state index contributed by atoms with van der Waals surface area (Å²) in [5.41, 5.74) is 3.05.